The zero-order valence-electron chi connectivity index (χ0n) is 25.8. The van der Waals surface area contributed by atoms with Crippen LogP contribution in [0.3, 0.4) is 0 Å². The monoisotopic (exact) mass is 607 g/mol. The van der Waals surface area contributed by atoms with Gasteiger partial charge in [-0.05, 0) is 60.2 Å². The summed E-state index contributed by atoms with van der Waals surface area (Å²) in [6.45, 7) is 9.90. The molecule has 2 aromatic heterocycles. The number of nitriles is 1. The van der Waals surface area contributed by atoms with Gasteiger partial charge in [-0.1, -0.05) is 32.9 Å². The van der Waals surface area contributed by atoms with Crippen molar-refractivity contribution >= 4 is 34.9 Å². The average molecular weight is 608 g/mol. The molecule has 2 amide bonds. The molecule has 6 rings (SSSR count). The number of nitrogens with zero attached hydrogens (tertiary/aromatic N) is 7. The van der Waals surface area contributed by atoms with E-state index in [2.05, 4.69) is 47.6 Å². The van der Waals surface area contributed by atoms with Gasteiger partial charge in [-0.15, -0.1) is 5.10 Å². The van der Waals surface area contributed by atoms with Gasteiger partial charge < -0.3 is 25.2 Å². The summed E-state index contributed by atoms with van der Waals surface area (Å²) < 4.78 is 6.84. The molecule has 4 aromatic rings. The lowest BCUT2D eigenvalue weighted by atomic mass is 9.86. The van der Waals surface area contributed by atoms with Crippen molar-refractivity contribution in [3.63, 3.8) is 0 Å². The molecule has 0 aliphatic carbocycles. The van der Waals surface area contributed by atoms with Crippen molar-refractivity contribution in [3.8, 4) is 6.07 Å². The molecule has 0 unspecified atom stereocenters. The highest BCUT2D eigenvalue weighted by atomic mass is 16.5. The predicted molar refractivity (Wildman–Crippen MR) is 170 cm³/mol. The van der Waals surface area contributed by atoms with Crippen LogP contribution < -0.4 is 15.5 Å². The highest BCUT2D eigenvalue weighted by Gasteiger charge is 2.26. The molecule has 4 heterocycles. The lowest BCUT2D eigenvalue weighted by Crippen LogP contribution is -2.48. The van der Waals surface area contributed by atoms with Crippen molar-refractivity contribution in [2.45, 2.75) is 45.1 Å². The van der Waals surface area contributed by atoms with Gasteiger partial charge in [-0.2, -0.15) is 14.8 Å². The summed E-state index contributed by atoms with van der Waals surface area (Å²) in [7, 11) is 0. The summed E-state index contributed by atoms with van der Waals surface area (Å²) in [6, 6.07) is 17.0. The molecule has 1 atom stereocenters. The molecule has 0 bridgehead atoms. The maximum Gasteiger partial charge on any atom is 0.254 e. The van der Waals surface area contributed by atoms with Crippen LogP contribution in [0.5, 0.6) is 0 Å². The third kappa shape index (κ3) is 6.58. The number of morpholine rings is 1. The van der Waals surface area contributed by atoms with Gasteiger partial charge in [0.1, 0.15) is 6.07 Å². The molecule has 2 fully saturated rings. The van der Waals surface area contributed by atoms with Crippen LogP contribution in [0.15, 0.2) is 54.7 Å². The first-order valence-electron chi connectivity index (χ1n) is 15.3. The van der Waals surface area contributed by atoms with E-state index in [1.165, 1.54) is 16.3 Å². The minimum atomic E-state index is -0.113. The Balaban J connectivity index is 1.19. The van der Waals surface area contributed by atoms with Crippen LogP contribution in [-0.2, 0) is 10.2 Å². The van der Waals surface area contributed by atoms with Crippen molar-refractivity contribution in [2.75, 3.05) is 49.6 Å². The van der Waals surface area contributed by atoms with Crippen molar-refractivity contribution in [1.82, 2.24) is 29.8 Å². The van der Waals surface area contributed by atoms with Crippen LogP contribution in [0.1, 0.15) is 65.6 Å². The van der Waals surface area contributed by atoms with E-state index in [9.17, 15) is 14.9 Å². The van der Waals surface area contributed by atoms with E-state index in [1.54, 1.807) is 17.0 Å². The second kappa shape index (κ2) is 12.5. The van der Waals surface area contributed by atoms with Gasteiger partial charge in [0.15, 0.2) is 17.2 Å². The summed E-state index contributed by atoms with van der Waals surface area (Å²) in [5.74, 6) is 0.709. The number of anilines is 3. The Kier molecular flexibility index (Phi) is 8.36. The second-order valence-corrected chi connectivity index (χ2v) is 12.4. The van der Waals surface area contributed by atoms with Crippen molar-refractivity contribution in [2.24, 2.45) is 0 Å². The number of carbonyl (C=O) groups is 2. The molecular formula is C33H37N9O3. The summed E-state index contributed by atoms with van der Waals surface area (Å²) in [4.78, 5) is 39.0. The number of imidazole rings is 1. The molecule has 12 nitrogen and oxygen atoms in total. The maximum atomic E-state index is 13.1. The number of hydrogen-bond acceptors (Lipinski definition) is 9. The Hall–Kier alpha value is -5.02. The number of aromatic nitrogens is 4. The Bertz CT molecular complexity index is 1730. The summed E-state index contributed by atoms with van der Waals surface area (Å²) >= 11 is 0. The lowest BCUT2D eigenvalue weighted by molar-refractivity contribution is 0.0303. The van der Waals surface area contributed by atoms with Gasteiger partial charge >= 0.3 is 0 Å². The fraction of sp³-hybridized carbons (Fsp3) is 0.394. The number of piperidine rings is 1. The quantitative estimate of drug-likeness (QED) is 0.334. The van der Waals surface area contributed by atoms with E-state index in [-0.39, 0.29) is 29.0 Å². The summed E-state index contributed by atoms with van der Waals surface area (Å²) in [5.41, 5.74) is 3.80. The van der Waals surface area contributed by atoms with Crippen LogP contribution >= 0.6 is 0 Å². The molecule has 232 valence electrons. The number of benzene rings is 2. The molecule has 2 aromatic carbocycles. The number of rotatable bonds is 6. The highest BCUT2D eigenvalue weighted by Crippen LogP contribution is 2.26. The largest absolute Gasteiger partial charge is 0.378 e. The van der Waals surface area contributed by atoms with E-state index in [0.29, 0.717) is 73.6 Å². The maximum absolute atomic E-state index is 13.1. The molecule has 2 aliphatic heterocycles. The Labute approximate surface area is 262 Å². The predicted octanol–water partition coefficient (Wildman–Crippen LogP) is 3.91. The minimum absolute atomic E-state index is 0.0138. The van der Waals surface area contributed by atoms with Gasteiger partial charge in [0.25, 0.3) is 11.8 Å². The number of carbonyl (C=O) groups excluding carboxylic acids is 2. The highest BCUT2D eigenvalue weighted by molar-refractivity contribution is 5.95. The van der Waals surface area contributed by atoms with Gasteiger partial charge in [0.05, 0.1) is 19.4 Å². The van der Waals surface area contributed by atoms with Crippen molar-refractivity contribution < 1.29 is 14.3 Å². The van der Waals surface area contributed by atoms with E-state index in [4.69, 9.17) is 9.72 Å². The molecular weight excluding hydrogens is 570 g/mol. The Morgan fingerprint density at radius 3 is 2.40 bits per heavy atom. The van der Waals surface area contributed by atoms with Crippen LogP contribution in [0, 0.1) is 11.3 Å². The SMILES string of the molecule is CC(C)(C)c1ccc(C(=O)N[C@@H]2CCCN(c3nc(Nc4ccc(C(=O)N5CCOCC5)cc4)c4ncc(C#N)n4n3)C2)cc1. The molecule has 2 aliphatic rings. The number of amides is 2. The zero-order valence-corrected chi connectivity index (χ0v) is 25.8. The third-order valence-corrected chi connectivity index (χ3v) is 8.21. The van der Waals surface area contributed by atoms with Crippen LogP contribution in [-0.4, -0.2) is 81.7 Å². The standard InChI is InChI=1S/C33H37N9O3/c1-33(2,3)24-10-6-22(7-11-24)30(43)37-26-5-4-14-41(21-26)32-38-28(29-35-20-27(19-34)42(29)39-32)36-25-12-8-23(9-13-25)31(44)40-15-17-45-18-16-40/h6-13,20,26H,4-5,14-18,21H2,1-3H3,(H,37,43)(H,36,38,39)/t26-/m1/s1. The van der Waals surface area contributed by atoms with Gasteiger partial charge in [-0.25, -0.2) is 4.98 Å². The van der Waals surface area contributed by atoms with Gasteiger partial charge in [0, 0.05) is 49.0 Å². The lowest BCUT2D eigenvalue weighted by Gasteiger charge is -2.33. The van der Waals surface area contributed by atoms with E-state index < -0.39 is 0 Å². The molecule has 0 radical (unpaired) electrons. The molecule has 0 saturated carbocycles. The van der Waals surface area contributed by atoms with E-state index in [1.807, 2.05) is 41.3 Å². The third-order valence-electron chi connectivity index (χ3n) is 8.21. The smallest absolute Gasteiger partial charge is 0.254 e. The second-order valence-electron chi connectivity index (χ2n) is 12.4. The normalized spacial score (nSPS) is 17.2. The van der Waals surface area contributed by atoms with Gasteiger partial charge in [-0.3, -0.25) is 9.59 Å². The first-order chi connectivity index (χ1) is 21.7. The molecule has 2 saturated heterocycles. The van der Waals surface area contributed by atoms with E-state index >= 15 is 0 Å². The summed E-state index contributed by atoms with van der Waals surface area (Å²) in [6.07, 6.45) is 3.14. The average Bonchev–Trinajstić information content (AvgIpc) is 3.48. The molecule has 0 spiro atoms. The Morgan fingerprint density at radius 1 is 1.00 bits per heavy atom. The number of nitrogens with one attached hydrogen (secondary N) is 2. The first-order valence-corrected chi connectivity index (χ1v) is 15.3. The molecule has 45 heavy (non-hydrogen) atoms. The van der Waals surface area contributed by atoms with Crippen molar-refractivity contribution in [1.29, 1.82) is 5.26 Å². The van der Waals surface area contributed by atoms with Crippen LogP contribution in [0.25, 0.3) is 5.65 Å². The Morgan fingerprint density at radius 2 is 1.71 bits per heavy atom. The zero-order chi connectivity index (χ0) is 31.6. The first kappa shape index (κ1) is 30.0. The number of ether oxygens (including phenoxy) is 1. The van der Waals surface area contributed by atoms with Crippen LogP contribution in [0.4, 0.5) is 17.5 Å². The fourth-order valence-electron chi connectivity index (χ4n) is 5.61. The number of hydrogen-bond donors (Lipinski definition) is 2. The summed E-state index contributed by atoms with van der Waals surface area (Å²) in [5, 5.41) is 20.9. The topological polar surface area (TPSA) is 141 Å². The van der Waals surface area contributed by atoms with Crippen LogP contribution in [0.2, 0.25) is 0 Å². The fourth-order valence-corrected chi connectivity index (χ4v) is 5.61. The van der Waals surface area contributed by atoms with Gasteiger partial charge in [0.2, 0.25) is 5.95 Å². The minimum Gasteiger partial charge on any atom is -0.378 e. The molecule has 12 heteroatoms. The van der Waals surface area contributed by atoms with E-state index in [0.717, 1.165) is 12.8 Å². The van der Waals surface area contributed by atoms with Crippen molar-refractivity contribution in [3.05, 3.63) is 77.1 Å². The number of fused-ring (bicyclic) bond motifs is 1. The molecule has 2 N–H and O–H groups in total.